The minimum absolute atomic E-state index is 0.288. The molecule has 7 heteroatoms. The Morgan fingerprint density at radius 3 is 2.54 bits per heavy atom. The van der Waals surface area contributed by atoms with E-state index in [0.717, 1.165) is 36.9 Å². The summed E-state index contributed by atoms with van der Waals surface area (Å²) < 4.78 is 2.11. The lowest BCUT2D eigenvalue weighted by Gasteiger charge is -2.10. The van der Waals surface area contributed by atoms with E-state index in [-0.39, 0.29) is 6.03 Å². The summed E-state index contributed by atoms with van der Waals surface area (Å²) in [4.78, 5) is 16.4. The summed E-state index contributed by atoms with van der Waals surface area (Å²) >= 11 is 5.09. The van der Waals surface area contributed by atoms with Crippen molar-refractivity contribution in [3.63, 3.8) is 0 Å². The Labute approximate surface area is 174 Å². The highest BCUT2D eigenvalue weighted by Crippen LogP contribution is 2.36. The molecular weight excluding hydrogens is 436 g/mol. The summed E-state index contributed by atoms with van der Waals surface area (Å²) in [6.07, 6.45) is 1.72. The molecule has 0 radical (unpaired) electrons. The van der Waals surface area contributed by atoms with Crippen LogP contribution in [0.3, 0.4) is 0 Å². The summed E-state index contributed by atoms with van der Waals surface area (Å²) in [6.45, 7) is 1.97. The SMILES string of the molecule is Cc1cc(NC(=O)Nc2ccc(-c3csc4ccnc(N)c34)cc2)ccc1Br. The van der Waals surface area contributed by atoms with Gasteiger partial charge in [0.1, 0.15) is 5.82 Å². The number of pyridine rings is 1. The van der Waals surface area contributed by atoms with Gasteiger partial charge in [0.05, 0.1) is 0 Å². The first-order valence-electron chi connectivity index (χ1n) is 8.57. The molecule has 0 spiro atoms. The number of aryl methyl sites for hydroxylation is 1. The van der Waals surface area contributed by atoms with Crippen LogP contribution in [0.25, 0.3) is 21.2 Å². The molecule has 4 aromatic rings. The number of nitrogen functional groups attached to an aromatic ring is 1. The summed E-state index contributed by atoms with van der Waals surface area (Å²) in [5.41, 5.74) is 10.6. The summed E-state index contributed by atoms with van der Waals surface area (Å²) in [7, 11) is 0. The zero-order valence-corrected chi connectivity index (χ0v) is 17.4. The standard InChI is InChI=1S/C21H17BrN4OS/c1-12-10-15(6-7-17(12)22)26-21(27)25-14-4-2-13(3-5-14)16-11-28-18-8-9-24-20(23)19(16)18/h2-11H,1H3,(H2,23,24)(H2,25,26,27). The minimum Gasteiger partial charge on any atom is -0.383 e. The molecule has 2 aromatic heterocycles. The number of nitrogens with two attached hydrogens (primary N) is 1. The van der Waals surface area contributed by atoms with E-state index < -0.39 is 0 Å². The number of hydrogen-bond donors (Lipinski definition) is 3. The molecule has 0 fully saturated rings. The Kier molecular flexibility index (Phi) is 5.02. The van der Waals surface area contributed by atoms with Crippen LogP contribution in [-0.4, -0.2) is 11.0 Å². The number of nitrogens with one attached hydrogen (secondary N) is 2. The average Bonchev–Trinajstić information content (AvgIpc) is 3.11. The maximum Gasteiger partial charge on any atom is 0.323 e. The van der Waals surface area contributed by atoms with Crippen LogP contribution in [0.1, 0.15) is 5.56 Å². The normalized spacial score (nSPS) is 10.8. The van der Waals surface area contributed by atoms with Crippen LogP contribution < -0.4 is 16.4 Å². The van der Waals surface area contributed by atoms with Crippen LogP contribution in [0.2, 0.25) is 0 Å². The van der Waals surface area contributed by atoms with Crippen molar-refractivity contribution in [3.05, 3.63) is 70.1 Å². The van der Waals surface area contributed by atoms with E-state index in [2.05, 4.69) is 36.9 Å². The van der Waals surface area contributed by atoms with Crippen molar-refractivity contribution in [3.8, 4) is 11.1 Å². The molecule has 28 heavy (non-hydrogen) atoms. The van der Waals surface area contributed by atoms with Gasteiger partial charge in [0, 0.05) is 37.7 Å². The molecule has 0 aliphatic rings. The summed E-state index contributed by atoms with van der Waals surface area (Å²) in [5, 5.41) is 8.73. The zero-order valence-electron chi connectivity index (χ0n) is 15.0. The number of halogens is 1. The number of anilines is 3. The number of urea groups is 1. The van der Waals surface area contributed by atoms with Gasteiger partial charge in [0.25, 0.3) is 0 Å². The topological polar surface area (TPSA) is 80.0 Å². The minimum atomic E-state index is -0.288. The fraction of sp³-hybridized carbons (Fsp3) is 0.0476. The fourth-order valence-electron chi connectivity index (χ4n) is 2.97. The molecule has 0 unspecified atom stereocenters. The van der Waals surface area contributed by atoms with Gasteiger partial charge in [-0.3, -0.25) is 0 Å². The second kappa shape index (κ2) is 7.61. The van der Waals surface area contributed by atoms with E-state index in [1.807, 2.05) is 55.5 Å². The number of benzene rings is 2. The monoisotopic (exact) mass is 452 g/mol. The third-order valence-electron chi connectivity index (χ3n) is 4.38. The van der Waals surface area contributed by atoms with Gasteiger partial charge >= 0.3 is 6.03 Å². The molecule has 4 N–H and O–H groups in total. The molecule has 0 aliphatic heterocycles. The van der Waals surface area contributed by atoms with Crippen LogP contribution in [0.15, 0.2) is 64.6 Å². The number of hydrogen-bond acceptors (Lipinski definition) is 4. The van der Waals surface area contributed by atoms with Gasteiger partial charge in [0.15, 0.2) is 0 Å². The third kappa shape index (κ3) is 3.72. The van der Waals surface area contributed by atoms with Gasteiger partial charge in [-0.25, -0.2) is 9.78 Å². The van der Waals surface area contributed by atoms with Gasteiger partial charge in [-0.1, -0.05) is 28.1 Å². The number of carbonyl (C=O) groups is 1. The number of thiophene rings is 1. The second-order valence-electron chi connectivity index (χ2n) is 6.34. The van der Waals surface area contributed by atoms with Gasteiger partial charge in [-0.05, 0) is 59.8 Å². The van der Waals surface area contributed by atoms with Gasteiger partial charge < -0.3 is 16.4 Å². The first kappa shape index (κ1) is 18.5. The number of carbonyl (C=O) groups excluding carboxylic acids is 1. The first-order chi connectivity index (χ1) is 13.5. The van der Waals surface area contributed by atoms with Crippen molar-refractivity contribution in [2.75, 3.05) is 16.4 Å². The van der Waals surface area contributed by atoms with Crippen molar-refractivity contribution in [1.29, 1.82) is 0 Å². The third-order valence-corrected chi connectivity index (χ3v) is 6.22. The predicted molar refractivity (Wildman–Crippen MR) is 121 cm³/mol. The van der Waals surface area contributed by atoms with Crippen LogP contribution in [0.5, 0.6) is 0 Å². The van der Waals surface area contributed by atoms with E-state index >= 15 is 0 Å². The molecule has 0 saturated heterocycles. The predicted octanol–water partition coefficient (Wildman–Crippen LogP) is 6.26. The molecule has 0 aliphatic carbocycles. The average molecular weight is 453 g/mol. The van der Waals surface area contributed by atoms with Gasteiger partial charge in [0.2, 0.25) is 0 Å². The molecule has 2 heterocycles. The molecule has 0 bridgehead atoms. The lowest BCUT2D eigenvalue weighted by atomic mass is 10.1. The largest absolute Gasteiger partial charge is 0.383 e. The van der Waals surface area contributed by atoms with E-state index in [9.17, 15) is 4.79 Å². The molecule has 0 saturated carbocycles. The number of aromatic nitrogens is 1. The van der Waals surface area contributed by atoms with Crippen molar-refractivity contribution in [1.82, 2.24) is 4.98 Å². The van der Waals surface area contributed by atoms with E-state index in [1.54, 1.807) is 17.5 Å². The number of rotatable bonds is 3. The maximum absolute atomic E-state index is 12.3. The lowest BCUT2D eigenvalue weighted by molar-refractivity contribution is 0.262. The molecule has 2 amide bonds. The fourth-order valence-corrected chi connectivity index (χ4v) is 4.19. The highest BCUT2D eigenvalue weighted by Gasteiger charge is 2.10. The second-order valence-corrected chi connectivity index (χ2v) is 8.10. The Morgan fingerprint density at radius 2 is 1.79 bits per heavy atom. The lowest BCUT2D eigenvalue weighted by Crippen LogP contribution is -2.19. The Balaban J connectivity index is 1.50. The van der Waals surface area contributed by atoms with Gasteiger partial charge in [-0.2, -0.15) is 0 Å². The van der Waals surface area contributed by atoms with E-state index in [0.29, 0.717) is 11.5 Å². The van der Waals surface area contributed by atoms with Crippen LogP contribution >= 0.6 is 27.3 Å². The van der Waals surface area contributed by atoms with Crippen molar-refractivity contribution in [2.45, 2.75) is 6.92 Å². The summed E-state index contributed by atoms with van der Waals surface area (Å²) in [6, 6.07) is 15.0. The molecule has 2 aromatic carbocycles. The van der Waals surface area contributed by atoms with E-state index in [1.165, 1.54) is 0 Å². The Bertz CT molecular complexity index is 1170. The Morgan fingerprint density at radius 1 is 1.07 bits per heavy atom. The maximum atomic E-state index is 12.3. The van der Waals surface area contributed by atoms with Crippen molar-refractivity contribution >= 4 is 60.6 Å². The van der Waals surface area contributed by atoms with Crippen molar-refractivity contribution in [2.24, 2.45) is 0 Å². The Hall–Kier alpha value is -2.90. The molecule has 0 atom stereocenters. The number of amides is 2. The molecule has 140 valence electrons. The molecule has 5 nitrogen and oxygen atoms in total. The smallest absolute Gasteiger partial charge is 0.323 e. The van der Waals surface area contributed by atoms with Crippen molar-refractivity contribution < 1.29 is 4.79 Å². The van der Waals surface area contributed by atoms with Crippen LogP contribution in [0, 0.1) is 6.92 Å². The van der Waals surface area contributed by atoms with Crippen LogP contribution in [0.4, 0.5) is 22.0 Å². The number of fused-ring (bicyclic) bond motifs is 1. The zero-order chi connectivity index (χ0) is 19.7. The van der Waals surface area contributed by atoms with E-state index in [4.69, 9.17) is 5.73 Å². The first-order valence-corrected chi connectivity index (χ1v) is 10.2. The van der Waals surface area contributed by atoms with Crippen LogP contribution in [-0.2, 0) is 0 Å². The number of nitrogens with zero attached hydrogens (tertiary/aromatic N) is 1. The summed E-state index contributed by atoms with van der Waals surface area (Å²) in [5.74, 6) is 0.528. The highest BCUT2D eigenvalue weighted by atomic mass is 79.9. The quantitative estimate of drug-likeness (QED) is 0.343. The van der Waals surface area contributed by atoms with Gasteiger partial charge in [-0.15, -0.1) is 11.3 Å². The highest BCUT2D eigenvalue weighted by molar-refractivity contribution is 9.10. The molecular formula is C21H17BrN4OS. The molecule has 4 rings (SSSR count).